The van der Waals surface area contributed by atoms with Crippen LogP contribution >= 0.6 is 0 Å². The molecule has 5 rings (SSSR count). The first-order valence-corrected chi connectivity index (χ1v) is 13.2. The number of fused-ring (bicyclic) bond motifs is 1. The van der Waals surface area contributed by atoms with E-state index in [0.717, 1.165) is 37.0 Å². The van der Waals surface area contributed by atoms with Crippen molar-refractivity contribution >= 4 is 22.7 Å². The van der Waals surface area contributed by atoms with Crippen molar-refractivity contribution in [3.8, 4) is 0 Å². The van der Waals surface area contributed by atoms with E-state index in [1.165, 1.54) is 6.07 Å². The molecule has 196 valence electrons. The Kier molecular flexibility index (Phi) is 7.58. The minimum absolute atomic E-state index is 0.0180. The van der Waals surface area contributed by atoms with E-state index in [-0.39, 0.29) is 23.5 Å². The van der Waals surface area contributed by atoms with E-state index in [1.54, 1.807) is 13.2 Å². The van der Waals surface area contributed by atoms with Gasteiger partial charge in [0.15, 0.2) is 0 Å². The van der Waals surface area contributed by atoms with Crippen molar-refractivity contribution in [3.63, 3.8) is 0 Å². The Balaban J connectivity index is 1.43. The maximum Gasteiger partial charge on any atom is 0.256 e. The van der Waals surface area contributed by atoms with Crippen LogP contribution in [0.25, 0.3) is 10.9 Å². The third kappa shape index (κ3) is 5.00. The van der Waals surface area contributed by atoms with E-state index < -0.39 is 0 Å². The Labute approximate surface area is 217 Å². The largest absolute Gasteiger partial charge is 0.383 e. The van der Waals surface area contributed by atoms with Crippen molar-refractivity contribution in [1.29, 1.82) is 0 Å². The highest BCUT2D eigenvalue weighted by atomic mass is 19.1. The van der Waals surface area contributed by atoms with Gasteiger partial charge < -0.3 is 24.8 Å². The molecule has 0 aliphatic carbocycles. The van der Waals surface area contributed by atoms with Crippen LogP contribution in [0.5, 0.6) is 0 Å². The molecule has 0 bridgehead atoms. The van der Waals surface area contributed by atoms with Gasteiger partial charge in [0, 0.05) is 69.0 Å². The summed E-state index contributed by atoms with van der Waals surface area (Å²) in [4.78, 5) is 31.0. The van der Waals surface area contributed by atoms with Crippen LogP contribution in [0.2, 0.25) is 0 Å². The van der Waals surface area contributed by atoms with E-state index in [4.69, 9.17) is 10.5 Å². The third-order valence-corrected chi connectivity index (χ3v) is 7.81. The van der Waals surface area contributed by atoms with Crippen LogP contribution in [-0.4, -0.2) is 66.1 Å². The van der Waals surface area contributed by atoms with Crippen molar-refractivity contribution in [1.82, 2.24) is 14.4 Å². The van der Waals surface area contributed by atoms with Gasteiger partial charge in [-0.15, -0.1) is 0 Å². The lowest BCUT2D eigenvalue weighted by molar-refractivity contribution is 0.0714. The average molecular weight is 507 g/mol. The maximum atomic E-state index is 14.6. The predicted molar refractivity (Wildman–Crippen MR) is 141 cm³/mol. The molecule has 0 spiro atoms. The number of aromatic nitrogens is 1. The molecule has 1 aromatic heterocycles. The lowest BCUT2D eigenvalue weighted by Crippen LogP contribution is -2.38. The maximum absolute atomic E-state index is 14.6. The van der Waals surface area contributed by atoms with Crippen molar-refractivity contribution in [2.24, 2.45) is 5.73 Å². The number of carbonyl (C=O) groups is 2. The molecule has 3 aromatic rings. The summed E-state index contributed by atoms with van der Waals surface area (Å²) < 4.78 is 21.9. The fourth-order valence-electron chi connectivity index (χ4n) is 5.76. The van der Waals surface area contributed by atoms with Crippen molar-refractivity contribution in [3.05, 3.63) is 70.7 Å². The first kappa shape index (κ1) is 25.4. The zero-order valence-electron chi connectivity index (χ0n) is 21.4. The number of hydrogen-bond donors (Lipinski definition) is 1. The lowest BCUT2D eigenvalue weighted by atomic mass is 9.88. The Hall–Kier alpha value is -3.23. The molecular weight excluding hydrogens is 471 g/mol. The number of amides is 2. The van der Waals surface area contributed by atoms with E-state index in [1.807, 2.05) is 44.8 Å². The summed E-state index contributed by atoms with van der Waals surface area (Å²) in [6.45, 7) is 4.01. The van der Waals surface area contributed by atoms with E-state index in [9.17, 15) is 14.0 Å². The summed E-state index contributed by atoms with van der Waals surface area (Å²) in [7, 11) is 1.65. The van der Waals surface area contributed by atoms with Crippen LogP contribution in [0.4, 0.5) is 4.39 Å². The van der Waals surface area contributed by atoms with Gasteiger partial charge in [0.05, 0.1) is 12.2 Å². The molecule has 0 radical (unpaired) electrons. The number of methoxy groups -OCH3 is 1. The Morgan fingerprint density at radius 2 is 1.70 bits per heavy atom. The van der Waals surface area contributed by atoms with Gasteiger partial charge in [-0.1, -0.05) is 18.2 Å². The molecule has 2 fully saturated rings. The topological polar surface area (TPSA) is 80.8 Å². The molecule has 0 unspecified atom stereocenters. The summed E-state index contributed by atoms with van der Waals surface area (Å²) in [5, 5.41) is 0.712. The van der Waals surface area contributed by atoms with Crippen LogP contribution in [0, 0.1) is 5.82 Å². The quantitative estimate of drug-likeness (QED) is 0.522. The molecule has 2 aliphatic rings. The highest BCUT2D eigenvalue weighted by Crippen LogP contribution is 2.33. The van der Waals surface area contributed by atoms with Gasteiger partial charge in [0.25, 0.3) is 11.8 Å². The number of piperidine rings is 1. The summed E-state index contributed by atoms with van der Waals surface area (Å²) in [5.74, 6) is -0.271. The number of benzene rings is 2. The standard InChI is InChI=1S/C29H35FN4O3/c1-37-16-15-34-19-24(27-22(5-4-6-26(27)34)28(35)32-11-2-3-12-32)29(36)33-13-9-21(10-14-33)23-17-20(18-31)7-8-25(23)30/h4-8,17,19,21H,2-3,9-16,18,31H2,1H3. The molecule has 2 aromatic carbocycles. The highest BCUT2D eigenvalue weighted by molar-refractivity contribution is 6.15. The minimum Gasteiger partial charge on any atom is -0.383 e. The van der Waals surface area contributed by atoms with Crippen molar-refractivity contribution in [2.45, 2.75) is 44.7 Å². The molecule has 2 amide bonds. The van der Waals surface area contributed by atoms with Crippen LogP contribution in [0.15, 0.2) is 42.6 Å². The lowest BCUT2D eigenvalue weighted by Gasteiger charge is -2.32. The van der Waals surface area contributed by atoms with E-state index in [2.05, 4.69) is 0 Å². The van der Waals surface area contributed by atoms with Gasteiger partial charge in [-0.25, -0.2) is 4.39 Å². The van der Waals surface area contributed by atoms with Gasteiger partial charge in [0.2, 0.25) is 0 Å². The molecule has 8 heteroatoms. The zero-order valence-corrected chi connectivity index (χ0v) is 21.4. The fourth-order valence-corrected chi connectivity index (χ4v) is 5.76. The van der Waals surface area contributed by atoms with Crippen LogP contribution in [-0.2, 0) is 17.8 Å². The van der Waals surface area contributed by atoms with Gasteiger partial charge in [-0.2, -0.15) is 0 Å². The second-order valence-electron chi connectivity index (χ2n) is 10.1. The molecule has 2 saturated heterocycles. The number of nitrogens with two attached hydrogens (primary N) is 1. The molecule has 7 nitrogen and oxygen atoms in total. The Morgan fingerprint density at radius 1 is 1.00 bits per heavy atom. The first-order chi connectivity index (χ1) is 18.0. The fraction of sp³-hybridized carbons (Fsp3) is 0.448. The van der Waals surface area contributed by atoms with Gasteiger partial charge in [-0.05, 0) is 60.9 Å². The number of nitrogens with zero attached hydrogens (tertiary/aromatic N) is 3. The molecule has 2 N–H and O–H groups in total. The second-order valence-corrected chi connectivity index (χ2v) is 10.1. The van der Waals surface area contributed by atoms with Gasteiger partial charge in [0.1, 0.15) is 5.82 Å². The normalized spacial score (nSPS) is 16.6. The molecule has 37 heavy (non-hydrogen) atoms. The number of ether oxygens (including phenoxy) is 1. The number of rotatable bonds is 7. The average Bonchev–Trinajstić information content (AvgIpc) is 3.60. The Bertz CT molecular complexity index is 1290. The summed E-state index contributed by atoms with van der Waals surface area (Å²) in [6.07, 6.45) is 5.23. The summed E-state index contributed by atoms with van der Waals surface area (Å²) in [6, 6.07) is 10.7. The summed E-state index contributed by atoms with van der Waals surface area (Å²) >= 11 is 0. The van der Waals surface area contributed by atoms with Crippen LogP contribution in [0.1, 0.15) is 63.4 Å². The number of hydrogen-bond acceptors (Lipinski definition) is 4. The molecule has 0 saturated carbocycles. The molecule has 3 heterocycles. The third-order valence-electron chi connectivity index (χ3n) is 7.81. The minimum atomic E-state index is -0.215. The van der Waals surface area contributed by atoms with Crippen molar-refractivity contribution in [2.75, 3.05) is 39.9 Å². The monoisotopic (exact) mass is 506 g/mol. The Morgan fingerprint density at radius 3 is 2.41 bits per heavy atom. The van der Waals surface area contributed by atoms with Crippen LogP contribution in [0.3, 0.4) is 0 Å². The molecule has 2 aliphatic heterocycles. The number of likely N-dealkylation sites (tertiary alicyclic amines) is 2. The number of carbonyl (C=O) groups excluding carboxylic acids is 2. The van der Waals surface area contributed by atoms with Gasteiger partial charge in [-0.3, -0.25) is 9.59 Å². The van der Waals surface area contributed by atoms with Crippen molar-refractivity contribution < 1.29 is 18.7 Å². The molecular formula is C29H35FN4O3. The summed E-state index contributed by atoms with van der Waals surface area (Å²) in [5.41, 5.74) is 9.35. The number of halogens is 1. The van der Waals surface area contributed by atoms with Gasteiger partial charge >= 0.3 is 0 Å². The molecule has 0 atom stereocenters. The second kappa shape index (κ2) is 11.0. The first-order valence-electron chi connectivity index (χ1n) is 13.2. The highest BCUT2D eigenvalue weighted by Gasteiger charge is 2.30. The smallest absolute Gasteiger partial charge is 0.256 e. The van der Waals surface area contributed by atoms with Crippen LogP contribution < -0.4 is 5.73 Å². The SMILES string of the molecule is COCCn1cc(C(=O)N2CCC(c3cc(CN)ccc3F)CC2)c2c(C(=O)N3CCCC3)cccc21. The predicted octanol–water partition coefficient (Wildman–Crippen LogP) is 4.14. The van der Waals surface area contributed by atoms with E-state index in [0.29, 0.717) is 67.7 Å². The zero-order chi connectivity index (χ0) is 25.9. The van der Waals surface area contributed by atoms with E-state index >= 15 is 0 Å².